The predicted molar refractivity (Wildman–Crippen MR) is 151 cm³/mol. The molecule has 3 aliphatic rings. The van der Waals surface area contributed by atoms with E-state index in [1.165, 1.54) is 0 Å². The zero-order valence-corrected chi connectivity index (χ0v) is 23.9. The van der Waals surface area contributed by atoms with Crippen LogP contribution in [-0.4, -0.2) is 54.9 Å². The lowest BCUT2D eigenvalue weighted by atomic mass is 9.46. The van der Waals surface area contributed by atoms with Crippen LogP contribution in [0.15, 0.2) is 42.5 Å². The summed E-state index contributed by atoms with van der Waals surface area (Å²) < 4.78 is 21.9. The molecular weight excluding hydrogens is 528 g/mol. The Labute approximate surface area is 240 Å². The third kappa shape index (κ3) is 5.81. The minimum atomic E-state index is -0.736. The van der Waals surface area contributed by atoms with Crippen molar-refractivity contribution in [3.8, 4) is 17.2 Å². The van der Waals surface area contributed by atoms with Gasteiger partial charge in [-0.25, -0.2) is 4.79 Å². The Morgan fingerprint density at radius 1 is 1.07 bits per heavy atom. The summed E-state index contributed by atoms with van der Waals surface area (Å²) in [6.07, 6.45) is 0.763. The highest BCUT2D eigenvalue weighted by atomic mass is 16.7. The van der Waals surface area contributed by atoms with Crippen molar-refractivity contribution in [1.82, 2.24) is 5.32 Å². The van der Waals surface area contributed by atoms with Gasteiger partial charge in [0.1, 0.15) is 11.9 Å². The fourth-order valence-corrected chi connectivity index (χ4v) is 7.28. The normalized spacial score (nSPS) is 30.2. The minimum absolute atomic E-state index is 0.0570. The van der Waals surface area contributed by atoms with Gasteiger partial charge in [0.25, 0.3) is 0 Å². The van der Waals surface area contributed by atoms with Gasteiger partial charge in [-0.3, -0.25) is 10.1 Å². The van der Waals surface area contributed by atoms with Crippen LogP contribution in [0.3, 0.4) is 0 Å². The number of amides is 2. The van der Waals surface area contributed by atoms with E-state index in [9.17, 15) is 19.8 Å². The van der Waals surface area contributed by atoms with Crippen LogP contribution in [0.2, 0.25) is 0 Å². The third-order valence-electron chi connectivity index (χ3n) is 9.57. The number of fused-ring (bicyclic) bond motifs is 2. The van der Waals surface area contributed by atoms with Gasteiger partial charge in [0.2, 0.25) is 12.7 Å². The van der Waals surface area contributed by atoms with Crippen LogP contribution in [0.25, 0.3) is 0 Å². The first-order chi connectivity index (χ1) is 19.7. The molecule has 2 aromatic carbocycles. The molecule has 0 spiro atoms. The van der Waals surface area contributed by atoms with Gasteiger partial charge in [0.15, 0.2) is 11.5 Å². The molecule has 1 unspecified atom stereocenters. The van der Waals surface area contributed by atoms with E-state index in [1.807, 2.05) is 25.1 Å². The maximum atomic E-state index is 13.1. The Morgan fingerprint density at radius 3 is 2.66 bits per heavy atom. The van der Waals surface area contributed by atoms with Crippen molar-refractivity contribution >= 4 is 17.7 Å². The molecule has 2 fully saturated rings. The highest BCUT2D eigenvalue weighted by Gasteiger charge is 2.60. The lowest BCUT2D eigenvalue weighted by Gasteiger charge is -2.60. The van der Waals surface area contributed by atoms with E-state index in [-0.39, 0.29) is 37.6 Å². The van der Waals surface area contributed by atoms with E-state index in [0.29, 0.717) is 55.2 Å². The second-order valence-electron chi connectivity index (χ2n) is 11.9. The maximum Gasteiger partial charge on any atom is 0.411 e. The Morgan fingerprint density at radius 2 is 1.88 bits per heavy atom. The molecule has 0 bridgehead atoms. The topological polar surface area (TPSA) is 136 Å². The summed E-state index contributed by atoms with van der Waals surface area (Å²) in [5.41, 5.74) is 0.288. The molecule has 5 rings (SSSR count). The van der Waals surface area contributed by atoms with Gasteiger partial charge < -0.3 is 34.5 Å². The number of aliphatic hydroxyl groups excluding tert-OH is 2. The molecule has 0 aromatic heterocycles. The zero-order chi connectivity index (χ0) is 29.2. The van der Waals surface area contributed by atoms with Crippen LogP contribution < -0.4 is 24.8 Å². The Kier molecular flexibility index (Phi) is 8.33. The standard InChI is InChI=1S/C31H40N2O8/c1-30-12-11-27(41-29(37)33-20-5-4-6-21(14-20)38-3)31(2,17-34)26(30)10-8-23(35)22(30)15-28(36)32-16-19-7-9-24-25(13-19)40-18-39-24/h4-7,9,13-14,22-23,26-27,34-35H,8,10-12,15-18H2,1-3H3,(H,32,36)(H,33,37)/t22-,23-,26?,27-,30+,31+/m1/s1. The Balaban J connectivity index is 1.24. The Bertz CT molecular complexity index is 1270. The summed E-state index contributed by atoms with van der Waals surface area (Å²) in [5, 5.41) is 27.5. The molecule has 2 saturated carbocycles. The number of aliphatic hydroxyl groups is 2. The fourth-order valence-electron chi connectivity index (χ4n) is 7.28. The number of benzene rings is 2. The molecule has 0 radical (unpaired) electrons. The molecule has 10 heteroatoms. The van der Waals surface area contributed by atoms with Crippen molar-refractivity contribution in [2.45, 2.75) is 64.7 Å². The van der Waals surface area contributed by atoms with Gasteiger partial charge in [0, 0.05) is 30.1 Å². The molecule has 10 nitrogen and oxygen atoms in total. The monoisotopic (exact) mass is 568 g/mol. The van der Waals surface area contributed by atoms with Crippen LogP contribution >= 0.6 is 0 Å². The summed E-state index contributed by atoms with van der Waals surface area (Å²) in [6.45, 7) is 4.41. The van der Waals surface area contributed by atoms with Gasteiger partial charge in [-0.15, -0.1) is 0 Å². The summed E-state index contributed by atoms with van der Waals surface area (Å²) >= 11 is 0. The zero-order valence-electron chi connectivity index (χ0n) is 23.9. The molecule has 1 heterocycles. The van der Waals surface area contributed by atoms with E-state index in [1.54, 1.807) is 31.4 Å². The van der Waals surface area contributed by atoms with Crippen LogP contribution in [0.4, 0.5) is 10.5 Å². The van der Waals surface area contributed by atoms with Gasteiger partial charge in [-0.1, -0.05) is 26.0 Å². The van der Waals surface area contributed by atoms with E-state index in [0.717, 1.165) is 5.56 Å². The van der Waals surface area contributed by atoms with Crippen molar-refractivity contribution in [1.29, 1.82) is 0 Å². The molecule has 222 valence electrons. The van der Waals surface area contributed by atoms with Gasteiger partial charge in [-0.2, -0.15) is 0 Å². The number of methoxy groups -OCH3 is 1. The quantitative estimate of drug-likeness (QED) is 0.372. The summed E-state index contributed by atoms with van der Waals surface area (Å²) in [7, 11) is 1.56. The van der Waals surface area contributed by atoms with Crippen molar-refractivity contribution in [2.75, 3.05) is 25.8 Å². The van der Waals surface area contributed by atoms with Crippen molar-refractivity contribution in [3.63, 3.8) is 0 Å². The first kappa shape index (κ1) is 29.0. The van der Waals surface area contributed by atoms with Crippen LogP contribution in [0.5, 0.6) is 17.2 Å². The third-order valence-corrected chi connectivity index (χ3v) is 9.57. The Hall–Kier alpha value is -3.50. The first-order valence-corrected chi connectivity index (χ1v) is 14.2. The molecular formula is C31H40N2O8. The average molecular weight is 569 g/mol. The number of ether oxygens (including phenoxy) is 4. The highest BCUT2D eigenvalue weighted by molar-refractivity contribution is 5.85. The number of carbonyl (C=O) groups excluding carboxylic acids is 2. The van der Waals surface area contributed by atoms with Crippen LogP contribution in [0, 0.1) is 22.7 Å². The lowest BCUT2D eigenvalue weighted by Crippen LogP contribution is -2.61. The number of carbonyl (C=O) groups is 2. The summed E-state index contributed by atoms with van der Waals surface area (Å²) in [4.78, 5) is 26.0. The fraction of sp³-hybridized carbons (Fsp3) is 0.548. The highest BCUT2D eigenvalue weighted by Crippen LogP contribution is 2.61. The molecule has 4 N–H and O–H groups in total. The lowest BCUT2D eigenvalue weighted by molar-refractivity contribution is -0.185. The van der Waals surface area contributed by atoms with E-state index < -0.39 is 29.1 Å². The SMILES string of the molecule is COc1cccc(NC(=O)O[C@@H]2CC[C@]3(C)C(CC[C@@H](O)[C@H]3CC(=O)NCc3ccc4c(c3)OCO4)[C@]2(C)CO)c1. The predicted octanol–water partition coefficient (Wildman–Crippen LogP) is 4.23. The second kappa shape index (κ2) is 11.8. The molecule has 2 aromatic rings. The number of rotatable bonds is 8. The molecule has 6 atom stereocenters. The number of hydrogen-bond donors (Lipinski definition) is 4. The van der Waals surface area contributed by atoms with Crippen molar-refractivity contribution < 1.29 is 38.7 Å². The van der Waals surface area contributed by atoms with Crippen LogP contribution in [-0.2, 0) is 16.1 Å². The molecule has 2 aliphatic carbocycles. The van der Waals surface area contributed by atoms with E-state index >= 15 is 0 Å². The number of anilines is 1. The molecule has 2 amide bonds. The number of hydrogen-bond acceptors (Lipinski definition) is 8. The maximum absolute atomic E-state index is 13.1. The minimum Gasteiger partial charge on any atom is -0.497 e. The summed E-state index contributed by atoms with van der Waals surface area (Å²) in [5.74, 6) is 1.47. The van der Waals surface area contributed by atoms with E-state index in [4.69, 9.17) is 18.9 Å². The average Bonchev–Trinajstić information content (AvgIpc) is 3.43. The first-order valence-electron chi connectivity index (χ1n) is 14.2. The molecule has 41 heavy (non-hydrogen) atoms. The van der Waals surface area contributed by atoms with Gasteiger partial charge >= 0.3 is 6.09 Å². The summed E-state index contributed by atoms with van der Waals surface area (Å²) in [6, 6.07) is 12.6. The number of nitrogens with one attached hydrogen (secondary N) is 2. The van der Waals surface area contributed by atoms with Crippen molar-refractivity contribution in [2.24, 2.45) is 22.7 Å². The van der Waals surface area contributed by atoms with Gasteiger partial charge in [-0.05, 0) is 72.8 Å². The molecule has 1 aliphatic heterocycles. The van der Waals surface area contributed by atoms with Gasteiger partial charge in [0.05, 0.1) is 19.8 Å². The molecule has 0 saturated heterocycles. The van der Waals surface area contributed by atoms with Crippen LogP contribution in [0.1, 0.15) is 51.5 Å². The second-order valence-corrected chi connectivity index (χ2v) is 11.9. The van der Waals surface area contributed by atoms with E-state index in [2.05, 4.69) is 17.6 Å². The van der Waals surface area contributed by atoms with Crippen molar-refractivity contribution in [3.05, 3.63) is 48.0 Å². The smallest absolute Gasteiger partial charge is 0.411 e. The largest absolute Gasteiger partial charge is 0.497 e.